The lowest BCUT2D eigenvalue weighted by atomic mass is 10.1. The van der Waals surface area contributed by atoms with Crippen molar-refractivity contribution in [2.75, 3.05) is 11.9 Å². The van der Waals surface area contributed by atoms with E-state index >= 15 is 0 Å². The number of amidine groups is 1. The van der Waals surface area contributed by atoms with Crippen molar-refractivity contribution in [3.63, 3.8) is 0 Å². The first-order valence-corrected chi connectivity index (χ1v) is 12.5. The van der Waals surface area contributed by atoms with E-state index in [1.807, 2.05) is 25.1 Å². The number of anilines is 1. The fourth-order valence-electron chi connectivity index (χ4n) is 3.47. The molecule has 35 heavy (non-hydrogen) atoms. The molecule has 3 aromatic carbocycles. The van der Waals surface area contributed by atoms with Gasteiger partial charge in [-0.05, 0) is 73.0 Å². The van der Waals surface area contributed by atoms with Crippen molar-refractivity contribution in [2.24, 2.45) is 4.99 Å². The normalized spacial score (nSPS) is 17.0. The fourth-order valence-corrected chi connectivity index (χ4v) is 4.90. The maximum Gasteiger partial charge on any atom is 0.238 e. The van der Waals surface area contributed by atoms with Crippen LogP contribution in [0.4, 0.5) is 15.8 Å². The van der Waals surface area contributed by atoms with Crippen LogP contribution in [0.1, 0.15) is 17.5 Å². The van der Waals surface area contributed by atoms with Crippen molar-refractivity contribution < 1.29 is 14.0 Å². The van der Waals surface area contributed by atoms with Gasteiger partial charge in [-0.25, -0.2) is 9.38 Å². The predicted octanol–water partition coefficient (Wildman–Crippen LogP) is 6.64. The van der Waals surface area contributed by atoms with E-state index in [2.05, 4.69) is 10.3 Å². The topological polar surface area (TPSA) is 61.8 Å². The number of nitrogens with one attached hydrogen (secondary N) is 1. The lowest BCUT2D eigenvalue weighted by molar-refractivity contribution is -0.129. The molecule has 0 bridgehead atoms. The minimum absolute atomic E-state index is 0.0269. The summed E-state index contributed by atoms with van der Waals surface area (Å²) in [5, 5.41) is 3.74. The molecule has 1 heterocycles. The number of aliphatic imine (C=N–C) groups is 1. The molecule has 3 aromatic rings. The van der Waals surface area contributed by atoms with Crippen LogP contribution in [0.15, 0.2) is 71.7 Å². The molecule has 1 aliphatic rings. The molecule has 2 amide bonds. The molecule has 0 aromatic heterocycles. The van der Waals surface area contributed by atoms with Crippen molar-refractivity contribution in [3.8, 4) is 0 Å². The predicted molar refractivity (Wildman–Crippen MR) is 141 cm³/mol. The molecule has 1 fully saturated rings. The zero-order chi connectivity index (χ0) is 24.9. The Balaban J connectivity index is 1.54. The number of aryl methyl sites for hydroxylation is 1. The molecule has 1 unspecified atom stereocenters. The van der Waals surface area contributed by atoms with Gasteiger partial charge in [0.2, 0.25) is 11.8 Å². The molecule has 0 radical (unpaired) electrons. The number of halogens is 3. The molecule has 1 atom stereocenters. The first-order chi connectivity index (χ1) is 16.8. The molecule has 1 N–H and O–H groups in total. The number of hydrogen-bond acceptors (Lipinski definition) is 4. The highest BCUT2D eigenvalue weighted by molar-refractivity contribution is 8.15. The van der Waals surface area contributed by atoms with E-state index in [1.54, 1.807) is 29.2 Å². The molecule has 9 heteroatoms. The number of hydrogen-bond donors (Lipinski definition) is 1. The van der Waals surface area contributed by atoms with Gasteiger partial charge in [0.1, 0.15) is 11.1 Å². The SMILES string of the molecule is Cc1ccc(NC(=O)C2CC(=O)N(CCc3ccc(Cl)cc3)C(=Nc3ccc(F)cc3)S2)cc1Cl. The average Bonchev–Trinajstić information content (AvgIpc) is 2.83. The quantitative estimate of drug-likeness (QED) is 0.389. The van der Waals surface area contributed by atoms with Gasteiger partial charge in [0, 0.05) is 28.7 Å². The van der Waals surface area contributed by atoms with Crippen LogP contribution in [0.2, 0.25) is 10.0 Å². The van der Waals surface area contributed by atoms with Crippen molar-refractivity contribution in [1.82, 2.24) is 4.90 Å². The summed E-state index contributed by atoms with van der Waals surface area (Å²) < 4.78 is 13.4. The molecular weight excluding hydrogens is 508 g/mol. The van der Waals surface area contributed by atoms with Crippen LogP contribution in [-0.2, 0) is 16.0 Å². The van der Waals surface area contributed by atoms with E-state index in [4.69, 9.17) is 23.2 Å². The van der Waals surface area contributed by atoms with Gasteiger partial charge in [-0.15, -0.1) is 0 Å². The monoisotopic (exact) mass is 529 g/mol. The molecule has 0 saturated carbocycles. The van der Waals surface area contributed by atoms with Crippen LogP contribution >= 0.6 is 35.0 Å². The molecule has 1 aliphatic heterocycles. The lowest BCUT2D eigenvalue weighted by Crippen LogP contribution is -2.46. The summed E-state index contributed by atoms with van der Waals surface area (Å²) in [6.07, 6.45) is 0.615. The van der Waals surface area contributed by atoms with Crippen molar-refractivity contribution in [2.45, 2.75) is 25.0 Å². The Bertz CT molecular complexity index is 1270. The number of rotatable bonds is 6. The van der Waals surface area contributed by atoms with Gasteiger partial charge in [0.25, 0.3) is 0 Å². The number of carbonyl (C=O) groups is 2. The summed E-state index contributed by atoms with van der Waals surface area (Å²) in [6.45, 7) is 2.26. The third-order valence-electron chi connectivity index (χ3n) is 5.46. The summed E-state index contributed by atoms with van der Waals surface area (Å²) in [5.41, 5.74) is 2.96. The zero-order valence-corrected chi connectivity index (χ0v) is 21.1. The Morgan fingerprint density at radius 1 is 1.11 bits per heavy atom. The second kappa shape index (κ2) is 11.2. The first kappa shape index (κ1) is 25.2. The van der Waals surface area contributed by atoms with Gasteiger partial charge in [0.05, 0.1) is 5.69 Å². The van der Waals surface area contributed by atoms with Crippen LogP contribution in [0, 0.1) is 12.7 Å². The second-order valence-corrected chi connectivity index (χ2v) is 10.1. The van der Waals surface area contributed by atoms with E-state index in [9.17, 15) is 14.0 Å². The highest BCUT2D eigenvalue weighted by atomic mass is 35.5. The van der Waals surface area contributed by atoms with Gasteiger partial charge in [-0.1, -0.05) is 53.2 Å². The van der Waals surface area contributed by atoms with E-state index in [1.165, 1.54) is 36.0 Å². The van der Waals surface area contributed by atoms with Crippen LogP contribution in [0.3, 0.4) is 0 Å². The third-order valence-corrected chi connectivity index (χ3v) is 7.31. The average molecular weight is 530 g/mol. The summed E-state index contributed by atoms with van der Waals surface area (Å²) >= 11 is 13.4. The van der Waals surface area contributed by atoms with E-state index in [-0.39, 0.29) is 24.1 Å². The highest BCUT2D eigenvalue weighted by Crippen LogP contribution is 2.31. The van der Waals surface area contributed by atoms with Gasteiger partial charge < -0.3 is 5.32 Å². The van der Waals surface area contributed by atoms with Gasteiger partial charge in [-0.2, -0.15) is 0 Å². The Kier molecular flexibility index (Phi) is 8.11. The van der Waals surface area contributed by atoms with Crippen LogP contribution in [0.5, 0.6) is 0 Å². The molecule has 4 rings (SSSR count). The highest BCUT2D eigenvalue weighted by Gasteiger charge is 2.35. The third kappa shape index (κ3) is 6.63. The first-order valence-electron chi connectivity index (χ1n) is 10.9. The zero-order valence-electron chi connectivity index (χ0n) is 18.8. The van der Waals surface area contributed by atoms with Crippen LogP contribution in [0.25, 0.3) is 0 Å². The number of benzene rings is 3. The molecule has 180 valence electrons. The van der Waals surface area contributed by atoms with E-state index < -0.39 is 5.25 Å². The molecule has 1 saturated heterocycles. The van der Waals surface area contributed by atoms with Gasteiger partial charge in [-0.3, -0.25) is 14.5 Å². The van der Waals surface area contributed by atoms with Crippen molar-refractivity contribution in [3.05, 3.63) is 93.7 Å². The fraction of sp³-hybridized carbons (Fsp3) is 0.192. The molecule has 5 nitrogen and oxygen atoms in total. The van der Waals surface area contributed by atoms with Crippen LogP contribution < -0.4 is 5.32 Å². The molecular formula is C26H22Cl2FN3O2S. The van der Waals surface area contributed by atoms with Gasteiger partial charge >= 0.3 is 0 Å². The Labute approximate surface area is 217 Å². The summed E-state index contributed by atoms with van der Waals surface area (Å²) in [6, 6.07) is 18.3. The standard InChI is InChI=1S/C26H22Cl2FN3O2S/c1-16-2-9-21(14-22(16)28)30-25(34)23-15-24(33)32(13-12-17-3-5-18(27)6-4-17)26(35-23)31-20-10-7-19(29)8-11-20/h2-11,14,23H,12-13,15H2,1H3,(H,30,34). The molecule has 0 aliphatic carbocycles. The minimum atomic E-state index is -0.673. The smallest absolute Gasteiger partial charge is 0.238 e. The minimum Gasteiger partial charge on any atom is -0.325 e. The maximum atomic E-state index is 13.4. The molecule has 0 spiro atoms. The number of carbonyl (C=O) groups excluding carboxylic acids is 2. The number of thioether (sulfide) groups is 1. The Morgan fingerprint density at radius 2 is 1.83 bits per heavy atom. The van der Waals surface area contributed by atoms with Crippen molar-refractivity contribution >= 4 is 63.3 Å². The van der Waals surface area contributed by atoms with E-state index in [0.717, 1.165) is 11.1 Å². The largest absolute Gasteiger partial charge is 0.325 e. The Morgan fingerprint density at radius 3 is 2.51 bits per heavy atom. The van der Waals surface area contributed by atoms with Gasteiger partial charge in [0.15, 0.2) is 5.17 Å². The summed E-state index contributed by atoms with van der Waals surface area (Å²) in [5.74, 6) is -0.900. The van der Waals surface area contributed by atoms with Crippen molar-refractivity contribution in [1.29, 1.82) is 0 Å². The van der Waals surface area contributed by atoms with E-state index in [0.29, 0.717) is 39.6 Å². The lowest BCUT2D eigenvalue weighted by Gasteiger charge is -2.32. The van der Waals surface area contributed by atoms with Crippen LogP contribution in [-0.4, -0.2) is 33.7 Å². The summed E-state index contributed by atoms with van der Waals surface area (Å²) in [4.78, 5) is 32.3. The Hall–Kier alpha value is -2.87. The number of nitrogens with zero attached hydrogens (tertiary/aromatic N) is 2. The number of amides is 2. The summed E-state index contributed by atoms with van der Waals surface area (Å²) in [7, 11) is 0. The maximum absolute atomic E-state index is 13.4. The second-order valence-electron chi connectivity index (χ2n) is 8.06.